The lowest BCUT2D eigenvalue weighted by atomic mass is 10.0. The Bertz CT molecular complexity index is 3690. The molecule has 0 bridgehead atoms. The van der Waals surface area contributed by atoms with Crippen molar-refractivity contribution in [2.45, 2.75) is 40.8 Å². The lowest BCUT2D eigenvalue weighted by Gasteiger charge is -2.32. The van der Waals surface area contributed by atoms with E-state index in [2.05, 4.69) is 137 Å². The van der Waals surface area contributed by atoms with E-state index in [9.17, 15) is 19.2 Å². The Hall–Kier alpha value is -7.77. The molecule has 8 aromatic rings. The fourth-order valence-electron chi connectivity index (χ4n) is 8.80. The van der Waals surface area contributed by atoms with Crippen LogP contribution in [0.15, 0.2) is 131 Å². The molecule has 15 heteroatoms. The number of anilines is 2. The van der Waals surface area contributed by atoms with Crippen LogP contribution in [-0.2, 0) is 13.1 Å². The van der Waals surface area contributed by atoms with Crippen molar-refractivity contribution in [3.8, 4) is 24.2 Å². The van der Waals surface area contributed by atoms with Crippen LogP contribution in [0.5, 0.6) is 0 Å². The van der Waals surface area contributed by atoms with E-state index in [0.717, 1.165) is 108 Å². The van der Waals surface area contributed by atoms with E-state index in [-0.39, 0.29) is 22.9 Å². The summed E-state index contributed by atoms with van der Waals surface area (Å²) in [6, 6.07) is 33.7. The lowest BCUT2D eigenvalue weighted by molar-refractivity contribution is 0.101. The second-order valence-electron chi connectivity index (χ2n) is 19.7. The van der Waals surface area contributed by atoms with Gasteiger partial charge in [0.2, 0.25) is 11.1 Å². The Morgan fingerprint density at radius 2 is 1.03 bits per heavy atom. The van der Waals surface area contributed by atoms with Crippen molar-refractivity contribution < 1.29 is 9.59 Å². The highest BCUT2D eigenvalue weighted by Gasteiger charge is 2.17. The smallest absolute Gasteiger partial charge is 0.255 e. The number of carbonyl (C=O) groups is 2. The van der Waals surface area contributed by atoms with Crippen LogP contribution in [0.3, 0.4) is 0 Å². The first kappa shape index (κ1) is 55.5. The topological polar surface area (TPSA) is 163 Å². The average molecular weight is 1140 g/mol. The number of nitrogens with one attached hydrogen (secondary N) is 4. The second kappa shape index (κ2) is 25.8. The van der Waals surface area contributed by atoms with Gasteiger partial charge in [0.1, 0.15) is 11.3 Å². The molecule has 14 nitrogen and oxygen atoms in total. The molecule has 4 aromatic carbocycles. The molecule has 10 rings (SSSR count). The van der Waals surface area contributed by atoms with Crippen molar-refractivity contribution in [1.29, 1.82) is 0 Å². The largest absolute Gasteiger partial charge is 0.322 e. The number of terminal acetylenes is 1. The maximum absolute atomic E-state index is 13.1. The maximum atomic E-state index is 13.1. The molecule has 0 radical (unpaired) electrons. The minimum atomic E-state index is -0.189. The van der Waals surface area contributed by atoms with E-state index < -0.39 is 0 Å². The third-order valence-corrected chi connectivity index (χ3v) is 14.9. The van der Waals surface area contributed by atoms with E-state index >= 15 is 0 Å². The molecule has 0 unspecified atom stereocenters. The van der Waals surface area contributed by atoms with Gasteiger partial charge in [-0.3, -0.25) is 29.0 Å². The number of aryl methyl sites for hydroxylation is 4. The van der Waals surface area contributed by atoms with Gasteiger partial charge in [-0.25, -0.2) is 9.97 Å². The minimum Gasteiger partial charge on any atom is -0.322 e. The van der Waals surface area contributed by atoms with Crippen LogP contribution in [0, 0.1) is 55.4 Å². The Morgan fingerprint density at radius 1 is 0.558 bits per heavy atom. The van der Waals surface area contributed by atoms with Crippen molar-refractivity contribution in [2.24, 2.45) is 0 Å². The molecule has 77 heavy (non-hydrogen) atoms. The number of aromatic amines is 2. The van der Waals surface area contributed by atoms with Gasteiger partial charge in [-0.05, 0) is 171 Å². The zero-order chi connectivity index (χ0) is 54.6. The lowest BCUT2D eigenvalue weighted by Crippen LogP contribution is -2.43. The summed E-state index contributed by atoms with van der Waals surface area (Å²) >= 11 is 2.26. The standard InChI is InChI=1S/C31H31N5O2.C21H26IN3O.C10H6N2O/c1-21-4-6-26(18-24(21)7-5-23-17-25-9-11-29(37)34-30(25)32-19-23)31(38)33-28-10-8-27(22(2)16-28)20-36-14-12-35(3)13-15-36;1-15-4-5-17(13-20(15)22)21(26)23-19-7-6-18(16(2)12-19)14-25-10-8-24(3)9-11-25;1-2-7-5-8-3-4-9(13)12-10(8)11-6-7/h4,6,8-11,16-19H,12-15,20H2,1-3H3,(H,33,38)(H,32,34,37);4-7,12-13H,8-11,14H2,1-3H3,(H,23,26);1,3-6H,(H,11,12,13). The third kappa shape index (κ3) is 15.4. The molecular formula is C62H63IN10O4. The van der Waals surface area contributed by atoms with Crippen LogP contribution < -0.4 is 21.8 Å². The van der Waals surface area contributed by atoms with Gasteiger partial charge >= 0.3 is 0 Å². The van der Waals surface area contributed by atoms with E-state index in [4.69, 9.17) is 6.42 Å². The number of carbonyl (C=O) groups excluding carboxylic acids is 2. The zero-order valence-corrected chi connectivity index (χ0v) is 46.5. The number of piperazine rings is 2. The summed E-state index contributed by atoms with van der Waals surface area (Å²) < 4.78 is 1.11. The van der Waals surface area contributed by atoms with Gasteiger partial charge in [0, 0.05) is 144 Å². The van der Waals surface area contributed by atoms with Crippen molar-refractivity contribution >= 4 is 67.8 Å². The highest BCUT2D eigenvalue weighted by Crippen LogP contribution is 2.22. The number of aromatic nitrogens is 4. The molecule has 4 aromatic heterocycles. The monoisotopic (exact) mass is 1140 g/mol. The van der Waals surface area contributed by atoms with Crippen LogP contribution in [0.1, 0.15) is 70.8 Å². The summed E-state index contributed by atoms with van der Waals surface area (Å²) in [4.78, 5) is 71.2. The number of amides is 2. The second-order valence-corrected chi connectivity index (χ2v) is 20.9. The summed E-state index contributed by atoms with van der Waals surface area (Å²) in [6.07, 6.45) is 8.39. The predicted octanol–water partition coefficient (Wildman–Crippen LogP) is 8.75. The molecule has 0 spiro atoms. The van der Waals surface area contributed by atoms with Gasteiger partial charge in [-0.15, -0.1) is 6.42 Å². The number of hydrogen-bond acceptors (Lipinski definition) is 10. The Labute approximate surface area is 463 Å². The number of likely N-dealkylation sites (N-methyl/N-ethyl adjacent to an activating group) is 2. The Kier molecular flexibility index (Phi) is 18.6. The summed E-state index contributed by atoms with van der Waals surface area (Å²) in [7, 11) is 4.34. The van der Waals surface area contributed by atoms with E-state index in [0.29, 0.717) is 28.0 Å². The van der Waals surface area contributed by atoms with Crippen LogP contribution >= 0.6 is 22.6 Å². The molecule has 6 heterocycles. The van der Waals surface area contributed by atoms with Crippen molar-refractivity contribution in [2.75, 3.05) is 77.1 Å². The van der Waals surface area contributed by atoms with Crippen molar-refractivity contribution in [3.05, 3.63) is 207 Å². The number of pyridine rings is 4. The summed E-state index contributed by atoms with van der Waals surface area (Å²) in [5.41, 5.74) is 13.0. The third-order valence-electron chi connectivity index (χ3n) is 13.8. The zero-order valence-electron chi connectivity index (χ0n) is 44.4. The van der Waals surface area contributed by atoms with Crippen LogP contribution in [0.2, 0.25) is 0 Å². The van der Waals surface area contributed by atoms with Gasteiger partial charge in [0.05, 0.1) is 0 Å². The molecule has 2 aliphatic heterocycles. The average Bonchev–Trinajstić information content (AvgIpc) is 3.42. The molecule has 0 atom stereocenters. The number of H-pyrrole nitrogens is 2. The maximum Gasteiger partial charge on any atom is 0.255 e. The number of benzene rings is 4. The SMILES string of the molecule is C#Cc1cnc2[nH]c(=O)ccc2c1.Cc1ccc(C(=O)Nc2ccc(CN3CCN(C)CC3)c(C)c2)cc1C#Cc1cnc2[nH]c(=O)ccc2c1.Cc1ccc(C(=O)Nc2ccc(CN3CCN(C)CC3)c(C)c2)cc1I. The quantitative estimate of drug-likeness (QED) is 0.0856. The molecule has 4 N–H and O–H groups in total. The fourth-order valence-corrected chi connectivity index (χ4v) is 9.31. The van der Waals surface area contributed by atoms with Gasteiger partial charge < -0.3 is 30.4 Å². The number of fused-ring (bicyclic) bond motifs is 2. The fraction of sp³-hybridized carbons (Fsp3) is 0.258. The van der Waals surface area contributed by atoms with Crippen molar-refractivity contribution in [1.82, 2.24) is 39.5 Å². The van der Waals surface area contributed by atoms with Crippen LogP contribution in [0.25, 0.3) is 22.1 Å². The molecule has 2 aliphatic rings. The van der Waals surface area contributed by atoms with Gasteiger partial charge in [-0.2, -0.15) is 0 Å². The first-order valence-electron chi connectivity index (χ1n) is 25.5. The molecular weight excluding hydrogens is 1080 g/mol. The molecule has 0 aliphatic carbocycles. The van der Waals surface area contributed by atoms with Gasteiger partial charge in [0.15, 0.2) is 0 Å². The van der Waals surface area contributed by atoms with Crippen molar-refractivity contribution in [3.63, 3.8) is 0 Å². The molecule has 392 valence electrons. The number of rotatable bonds is 8. The normalized spacial score (nSPS) is 14.0. The summed E-state index contributed by atoms with van der Waals surface area (Å²) in [5, 5.41) is 7.71. The van der Waals surface area contributed by atoms with Crippen LogP contribution in [0.4, 0.5) is 11.4 Å². The van der Waals surface area contributed by atoms with E-state index in [1.165, 1.54) is 39.9 Å². The number of hydrogen-bond donors (Lipinski definition) is 4. The Morgan fingerprint density at radius 3 is 1.51 bits per heavy atom. The predicted molar refractivity (Wildman–Crippen MR) is 318 cm³/mol. The highest BCUT2D eigenvalue weighted by atomic mass is 127. The molecule has 0 saturated carbocycles. The molecule has 2 fully saturated rings. The Balaban J connectivity index is 0.000000172. The van der Waals surface area contributed by atoms with Crippen LogP contribution in [-0.4, -0.2) is 118 Å². The van der Waals surface area contributed by atoms with E-state index in [1.807, 2.05) is 74.5 Å². The van der Waals surface area contributed by atoms with E-state index in [1.54, 1.807) is 30.6 Å². The first-order valence-corrected chi connectivity index (χ1v) is 26.6. The number of nitrogens with zero attached hydrogens (tertiary/aromatic N) is 6. The highest BCUT2D eigenvalue weighted by molar-refractivity contribution is 14.1. The minimum absolute atomic E-state index is 0.0610. The van der Waals surface area contributed by atoms with Gasteiger partial charge in [0.25, 0.3) is 11.8 Å². The number of halogens is 1. The first-order chi connectivity index (χ1) is 37.0. The summed E-state index contributed by atoms with van der Waals surface area (Å²) in [6.45, 7) is 19.0. The molecule has 2 saturated heterocycles. The summed E-state index contributed by atoms with van der Waals surface area (Å²) in [5.74, 6) is 8.55. The van der Waals surface area contributed by atoms with Gasteiger partial charge in [-0.1, -0.05) is 42.0 Å². The molecule has 2 amide bonds.